The fourth-order valence-corrected chi connectivity index (χ4v) is 1.93. The van der Waals surface area contributed by atoms with Crippen molar-refractivity contribution < 1.29 is 4.39 Å². The van der Waals surface area contributed by atoms with E-state index in [0.29, 0.717) is 13.0 Å². The average molecular weight is 246 g/mol. The molecule has 3 heteroatoms. The molecule has 1 nitrogen and oxygen atoms in total. The molecule has 1 unspecified atom stereocenters. The summed E-state index contributed by atoms with van der Waals surface area (Å²) in [5.41, 5.74) is 6.42. The highest BCUT2D eigenvalue weighted by Crippen LogP contribution is 2.27. The summed E-state index contributed by atoms with van der Waals surface area (Å²) in [6, 6.07) is 7.70. The van der Waals surface area contributed by atoms with Crippen molar-refractivity contribution in [2.24, 2.45) is 5.73 Å². The Balaban J connectivity index is 2.84. The Kier molecular flexibility index (Phi) is 4.39. The van der Waals surface area contributed by atoms with E-state index in [-0.39, 0.29) is 12.6 Å². The molecule has 0 saturated heterocycles. The van der Waals surface area contributed by atoms with Gasteiger partial charge in [-0.25, -0.2) is 0 Å². The van der Waals surface area contributed by atoms with Gasteiger partial charge in [-0.3, -0.25) is 4.39 Å². The van der Waals surface area contributed by atoms with Crippen LogP contribution in [-0.2, 0) is 0 Å². The Hall–Kier alpha value is -0.410. The number of hydrogen-bond acceptors (Lipinski definition) is 1. The Bertz CT molecular complexity index is 265. The number of hydrogen-bond donors (Lipinski definition) is 1. The van der Waals surface area contributed by atoms with Gasteiger partial charge in [0.15, 0.2) is 0 Å². The molecular formula is C10H13BrFN. The first kappa shape index (κ1) is 10.7. The van der Waals surface area contributed by atoms with Crippen LogP contribution in [0.5, 0.6) is 0 Å². The monoisotopic (exact) mass is 245 g/mol. The predicted octanol–water partition coefficient (Wildman–Crippen LogP) is 2.85. The zero-order chi connectivity index (χ0) is 9.68. The van der Waals surface area contributed by atoms with Crippen molar-refractivity contribution in [3.05, 3.63) is 34.3 Å². The topological polar surface area (TPSA) is 26.0 Å². The second-order valence-corrected chi connectivity index (χ2v) is 3.80. The molecule has 1 aromatic carbocycles. The first-order valence-electron chi connectivity index (χ1n) is 4.30. The summed E-state index contributed by atoms with van der Waals surface area (Å²) in [6.07, 6.45) is 0.694. The Labute approximate surface area is 86.3 Å². The molecule has 0 spiro atoms. The fourth-order valence-electron chi connectivity index (χ4n) is 1.32. The van der Waals surface area contributed by atoms with E-state index in [2.05, 4.69) is 15.9 Å². The Morgan fingerprint density at radius 1 is 1.38 bits per heavy atom. The maximum Gasteiger partial charge on any atom is 0.0963 e. The first-order chi connectivity index (χ1) is 6.29. The quantitative estimate of drug-likeness (QED) is 0.868. The fraction of sp³-hybridized carbons (Fsp3) is 0.400. The third-order valence-corrected chi connectivity index (χ3v) is 2.77. The van der Waals surface area contributed by atoms with Gasteiger partial charge in [-0.05, 0) is 24.6 Å². The molecule has 0 fully saturated rings. The summed E-state index contributed by atoms with van der Waals surface area (Å²) in [4.78, 5) is 0. The van der Waals surface area contributed by atoms with Crippen molar-refractivity contribution in [3.8, 4) is 0 Å². The summed E-state index contributed by atoms with van der Waals surface area (Å²) in [6.45, 7) is 0.176. The predicted molar refractivity (Wildman–Crippen MR) is 56.5 cm³/mol. The number of nitrogens with two attached hydrogens (primary N) is 1. The first-order valence-corrected chi connectivity index (χ1v) is 5.09. The molecule has 1 rings (SSSR count). The molecule has 0 aliphatic carbocycles. The number of halogens is 2. The van der Waals surface area contributed by atoms with E-state index in [9.17, 15) is 4.39 Å². The zero-order valence-electron chi connectivity index (χ0n) is 7.34. The molecule has 0 radical (unpaired) electrons. The lowest BCUT2D eigenvalue weighted by molar-refractivity contribution is 0.417. The van der Waals surface area contributed by atoms with E-state index in [0.717, 1.165) is 10.0 Å². The molecule has 0 aliphatic heterocycles. The lowest BCUT2D eigenvalue weighted by Crippen LogP contribution is -2.09. The molecule has 2 N–H and O–H groups in total. The van der Waals surface area contributed by atoms with Gasteiger partial charge in [0.1, 0.15) is 0 Å². The van der Waals surface area contributed by atoms with Crippen molar-refractivity contribution in [1.82, 2.24) is 0 Å². The summed E-state index contributed by atoms with van der Waals surface area (Å²) in [5.74, 6) is -0.0689. The summed E-state index contributed by atoms with van der Waals surface area (Å²) >= 11 is 3.40. The molecule has 13 heavy (non-hydrogen) atoms. The van der Waals surface area contributed by atoms with E-state index in [1.54, 1.807) is 0 Å². The van der Waals surface area contributed by atoms with Crippen LogP contribution in [0.3, 0.4) is 0 Å². The lowest BCUT2D eigenvalue weighted by atomic mass is 9.97. The van der Waals surface area contributed by atoms with Crippen molar-refractivity contribution in [2.75, 3.05) is 13.2 Å². The van der Waals surface area contributed by atoms with Gasteiger partial charge in [-0.2, -0.15) is 0 Å². The van der Waals surface area contributed by atoms with Crippen LogP contribution in [0.2, 0.25) is 0 Å². The van der Waals surface area contributed by atoms with Crippen LogP contribution in [0.1, 0.15) is 17.9 Å². The SMILES string of the molecule is NCCC(CF)c1ccccc1Br. The summed E-state index contributed by atoms with van der Waals surface area (Å²) < 4.78 is 13.6. The minimum absolute atomic E-state index is 0.0689. The van der Waals surface area contributed by atoms with E-state index in [1.807, 2.05) is 24.3 Å². The molecule has 0 amide bonds. The molecule has 0 bridgehead atoms. The van der Waals surface area contributed by atoms with Gasteiger partial charge >= 0.3 is 0 Å². The van der Waals surface area contributed by atoms with Crippen LogP contribution in [0.25, 0.3) is 0 Å². The molecule has 0 saturated carbocycles. The van der Waals surface area contributed by atoms with Gasteiger partial charge in [0.05, 0.1) is 6.67 Å². The third-order valence-electron chi connectivity index (χ3n) is 2.05. The van der Waals surface area contributed by atoms with E-state index in [4.69, 9.17) is 5.73 Å². The lowest BCUT2D eigenvalue weighted by Gasteiger charge is -2.13. The summed E-state index contributed by atoms with van der Waals surface area (Å²) in [7, 11) is 0. The second-order valence-electron chi connectivity index (χ2n) is 2.95. The van der Waals surface area contributed by atoms with E-state index >= 15 is 0 Å². The summed E-state index contributed by atoms with van der Waals surface area (Å²) in [5, 5.41) is 0. The average Bonchev–Trinajstić information content (AvgIpc) is 2.16. The van der Waals surface area contributed by atoms with Gasteiger partial charge in [0.2, 0.25) is 0 Å². The highest BCUT2D eigenvalue weighted by molar-refractivity contribution is 9.10. The minimum Gasteiger partial charge on any atom is -0.330 e. The number of rotatable bonds is 4. The highest BCUT2D eigenvalue weighted by Gasteiger charge is 2.12. The molecule has 0 heterocycles. The van der Waals surface area contributed by atoms with Gasteiger partial charge in [0.25, 0.3) is 0 Å². The van der Waals surface area contributed by atoms with Gasteiger partial charge in [0, 0.05) is 10.4 Å². The Morgan fingerprint density at radius 3 is 2.62 bits per heavy atom. The van der Waals surface area contributed by atoms with Crippen LogP contribution in [-0.4, -0.2) is 13.2 Å². The normalized spacial score (nSPS) is 12.8. The highest BCUT2D eigenvalue weighted by atomic mass is 79.9. The van der Waals surface area contributed by atoms with E-state index in [1.165, 1.54) is 0 Å². The van der Waals surface area contributed by atoms with Crippen molar-refractivity contribution >= 4 is 15.9 Å². The largest absolute Gasteiger partial charge is 0.330 e. The third kappa shape index (κ3) is 2.78. The van der Waals surface area contributed by atoms with Crippen LogP contribution in [0, 0.1) is 0 Å². The standard InChI is InChI=1S/C10H13BrFN/c11-10-4-2-1-3-9(10)8(7-12)5-6-13/h1-4,8H,5-7,13H2. The second kappa shape index (κ2) is 5.35. The molecular weight excluding hydrogens is 233 g/mol. The van der Waals surface area contributed by atoms with Crippen molar-refractivity contribution in [3.63, 3.8) is 0 Å². The smallest absolute Gasteiger partial charge is 0.0963 e. The van der Waals surface area contributed by atoms with Crippen LogP contribution in [0.4, 0.5) is 4.39 Å². The number of benzene rings is 1. The Morgan fingerprint density at radius 2 is 2.08 bits per heavy atom. The molecule has 0 aromatic heterocycles. The van der Waals surface area contributed by atoms with Crippen LogP contribution < -0.4 is 5.73 Å². The molecule has 1 atom stereocenters. The van der Waals surface area contributed by atoms with Crippen LogP contribution in [0.15, 0.2) is 28.7 Å². The van der Waals surface area contributed by atoms with Gasteiger partial charge in [-0.15, -0.1) is 0 Å². The maximum atomic E-state index is 12.6. The van der Waals surface area contributed by atoms with Crippen molar-refractivity contribution in [2.45, 2.75) is 12.3 Å². The number of alkyl halides is 1. The maximum absolute atomic E-state index is 12.6. The van der Waals surface area contributed by atoms with Crippen molar-refractivity contribution in [1.29, 1.82) is 0 Å². The zero-order valence-corrected chi connectivity index (χ0v) is 8.93. The van der Waals surface area contributed by atoms with Crippen LogP contribution >= 0.6 is 15.9 Å². The van der Waals surface area contributed by atoms with Gasteiger partial charge in [-0.1, -0.05) is 34.1 Å². The van der Waals surface area contributed by atoms with Gasteiger partial charge < -0.3 is 5.73 Å². The molecule has 0 aliphatic rings. The molecule has 1 aromatic rings. The molecule has 72 valence electrons. The van der Waals surface area contributed by atoms with E-state index < -0.39 is 0 Å². The minimum atomic E-state index is -0.347.